The molecule has 0 bridgehead atoms. The largest absolute Gasteiger partial charge is 0.416 e. The maximum Gasteiger partial charge on any atom is 0.416 e. The average molecular weight is 310 g/mol. The number of halogens is 3. The van der Waals surface area contributed by atoms with Crippen LogP contribution in [0.2, 0.25) is 0 Å². The second-order valence-electron chi connectivity index (χ2n) is 4.30. The fraction of sp³-hybridized carbons (Fsp3) is 0.0714. The van der Waals surface area contributed by atoms with Gasteiger partial charge in [0.2, 0.25) is 0 Å². The highest BCUT2D eigenvalue weighted by molar-refractivity contribution is 6.07. The minimum atomic E-state index is -4.47. The van der Waals surface area contributed by atoms with Crippen molar-refractivity contribution in [1.29, 1.82) is 0 Å². The van der Waals surface area contributed by atoms with Crippen LogP contribution in [0.1, 0.15) is 15.9 Å². The normalized spacial score (nSPS) is 11.0. The van der Waals surface area contributed by atoms with Crippen molar-refractivity contribution in [3.63, 3.8) is 0 Å². The lowest BCUT2D eigenvalue weighted by atomic mass is 10.1. The van der Waals surface area contributed by atoms with E-state index in [9.17, 15) is 28.1 Å². The van der Waals surface area contributed by atoms with Gasteiger partial charge in [0, 0.05) is 11.8 Å². The van der Waals surface area contributed by atoms with Crippen LogP contribution in [-0.4, -0.2) is 10.8 Å². The van der Waals surface area contributed by atoms with Crippen LogP contribution in [0.5, 0.6) is 0 Å². The minimum Gasteiger partial charge on any atom is -0.322 e. The summed E-state index contributed by atoms with van der Waals surface area (Å²) in [4.78, 5) is 22.1. The highest BCUT2D eigenvalue weighted by atomic mass is 19.4. The summed E-state index contributed by atoms with van der Waals surface area (Å²) in [6.45, 7) is 0. The van der Waals surface area contributed by atoms with Gasteiger partial charge in [0.15, 0.2) is 0 Å². The number of hydrogen-bond acceptors (Lipinski definition) is 3. The third-order valence-corrected chi connectivity index (χ3v) is 2.82. The second-order valence-corrected chi connectivity index (χ2v) is 4.30. The first-order valence-electron chi connectivity index (χ1n) is 6.01. The molecule has 0 fully saturated rings. The molecule has 1 N–H and O–H groups in total. The fourth-order valence-corrected chi connectivity index (χ4v) is 1.77. The second kappa shape index (κ2) is 5.84. The van der Waals surface area contributed by atoms with Crippen LogP contribution in [0.15, 0.2) is 48.5 Å². The summed E-state index contributed by atoms with van der Waals surface area (Å²) in [5, 5.41) is 13.2. The van der Waals surface area contributed by atoms with Gasteiger partial charge in [0.05, 0.1) is 10.5 Å². The first-order valence-corrected chi connectivity index (χ1v) is 6.01. The molecule has 0 aliphatic rings. The van der Waals surface area contributed by atoms with Crippen molar-refractivity contribution in [2.75, 3.05) is 5.32 Å². The molecule has 1 amide bonds. The van der Waals surface area contributed by atoms with Crippen LogP contribution >= 0.6 is 0 Å². The Morgan fingerprint density at radius 3 is 2.18 bits per heavy atom. The summed E-state index contributed by atoms with van der Waals surface area (Å²) in [5.41, 5.74) is -1.30. The van der Waals surface area contributed by atoms with Crippen molar-refractivity contribution in [3.05, 3.63) is 69.8 Å². The molecule has 0 saturated carbocycles. The summed E-state index contributed by atoms with van der Waals surface area (Å²) >= 11 is 0. The van der Waals surface area contributed by atoms with Gasteiger partial charge < -0.3 is 5.32 Å². The van der Waals surface area contributed by atoms with Crippen LogP contribution in [0.4, 0.5) is 24.5 Å². The topological polar surface area (TPSA) is 72.2 Å². The van der Waals surface area contributed by atoms with Crippen LogP contribution < -0.4 is 5.32 Å². The molecule has 0 saturated heterocycles. The van der Waals surface area contributed by atoms with Crippen LogP contribution in [-0.2, 0) is 6.18 Å². The van der Waals surface area contributed by atoms with E-state index in [1.165, 1.54) is 24.3 Å². The number of carbonyl (C=O) groups excluding carboxylic acids is 1. The Hall–Kier alpha value is -2.90. The van der Waals surface area contributed by atoms with Gasteiger partial charge in [-0.2, -0.15) is 13.2 Å². The van der Waals surface area contributed by atoms with E-state index < -0.39 is 22.6 Å². The van der Waals surface area contributed by atoms with E-state index in [0.717, 1.165) is 24.3 Å². The Labute approximate surface area is 122 Å². The van der Waals surface area contributed by atoms with Crippen molar-refractivity contribution in [1.82, 2.24) is 0 Å². The molecule has 2 rings (SSSR count). The Morgan fingerprint density at radius 2 is 1.64 bits per heavy atom. The van der Waals surface area contributed by atoms with Crippen LogP contribution in [0.25, 0.3) is 0 Å². The maximum absolute atomic E-state index is 12.4. The van der Waals surface area contributed by atoms with Crippen LogP contribution in [0.3, 0.4) is 0 Å². The molecule has 2 aromatic carbocycles. The number of hydrogen-bond donors (Lipinski definition) is 1. The van der Waals surface area contributed by atoms with E-state index in [2.05, 4.69) is 5.32 Å². The fourth-order valence-electron chi connectivity index (χ4n) is 1.77. The van der Waals surface area contributed by atoms with Crippen molar-refractivity contribution in [2.24, 2.45) is 0 Å². The number of alkyl halides is 3. The SMILES string of the molecule is O=C(Nc1ccc(C(F)(F)F)cc1)c1ccccc1[N+](=O)[O-]. The number of nitrogens with zero attached hydrogens (tertiary/aromatic N) is 1. The number of rotatable bonds is 3. The van der Waals surface area contributed by atoms with Gasteiger partial charge in [0.25, 0.3) is 11.6 Å². The summed E-state index contributed by atoms with van der Waals surface area (Å²) < 4.78 is 37.3. The Kier molecular flexibility index (Phi) is 4.11. The van der Waals surface area contributed by atoms with Crippen molar-refractivity contribution >= 4 is 17.3 Å². The summed E-state index contributed by atoms with van der Waals surface area (Å²) in [6, 6.07) is 9.08. The number of para-hydroxylation sites is 1. The van der Waals surface area contributed by atoms with E-state index >= 15 is 0 Å². The number of nitro groups is 1. The average Bonchev–Trinajstić information content (AvgIpc) is 2.46. The van der Waals surface area contributed by atoms with Gasteiger partial charge in [-0.15, -0.1) is 0 Å². The van der Waals surface area contributed by atoms with Gasteiger partial charge >= 0.3 is 6.18 Å². The first-order chi connectivity index (χ1) is 10.3. The molecule has 0 aromatic heterocycles. The summed E-state index contributed by atoms with van der Waals surface area (Å²) in [5.74, 6) is -0.771. The van der Waals surface area contributed by atoms with E-state index in [1.807, 2.05) is 0 Å². The molecule has 114 valence electrons. The van der Waals surface area contributed by atoms with Crippen molar-refractivity contribution in [2.45, 2.75) is 6.18 Å². The maximum atomic E-state index is 12.4. The number of nitro benzene ring substituents is 1. The first kappa shape index (κ1) is 15.5. The van der Waals surface area contributed by atoms with Gasteiger partial charge in [-0.25, -0.2) is 0 Å². The van der Waals surface area contributed by atoms with Gasteiger partial charge in [-0.05, 0) is 30.3 Å². The third kappa shape index (κ3) is 3.40. The highest BCUT2D eigenvalue weighted by Crippen LogP contribution is 2.30. The van der Waals surface area contributed by atoms with E-state index in [4.69, 9.17) is 0 Å². The summed E-state index contributed by atoms with van der Waals surface area (Å²) in [7, 11) is 0. The molecule has 0 heterocycles. The lowest BCUT2D eigenvalue weighted by molar-refractivity contribution is -0.385. The lowest BCUT2D eigenvalue weighted by Crippen LogP contribution is -2.14. The number of benzene rings is 2. The molecular weight excluding hydrogens is 301 g/mol. The smallest absolute Gasteiger partial charge is 0.322 e. The highest BCUT2D eigenvalue weighted by Gasteiger charge is 2.30. The molecule has 8 heteroatoms. The van der Waals surface area contributed by atoms with Gasteiger partial charge in [-0.1, -0.05) is 12.1 Å². The molecule has 0 aliphatic carbocycles. The quantitative estimate of drug-likeness (QED) is 0.691. The molecule has 0 aliphatic heterocycles. The Bertz CT molecular complexity index is 712. The number of carbonyl (C=O) groups is 1. The number of anilines is 1. The zero-order chi connectivity index (χ0) is 16.3. The number of amides is 1. The molecule has 22 heavy (non-hydrogen) atoms. The van der Waals surface area contributed by atoms with Crippen molar-refractivity contribution in [3.8, 4) is 0 Å². The molecule has 2 aromatic rings. The predicted molar refractivity (Wildman–Crippen MR) is 72.5 cm³/mol. The molecule has 0 unspecified atom stereocenters. The Balaban J connectivity index is 2.21. The summed E-state index contributed by atoms with van der Waals surface area (Å²) in [6.07, 6.45) is -4.47. The Morgan fingerprint density at radius 1 is 1.05 bits per heavy atom. The monoisotopic (exact) mass is 310 g/mol. The molecule has 0 spiro atoms. The van der Waals surface area contributed by atoms with Gasteiger partial charge in [-0.3, -0.25) is 14.9 Å². The molecule has 0 atom stereocenters. The lowest BCUT2D eigenvalue weighted by Gasteiger charge is -2.09. The van der Waals surface area contributed by atoms with Crippen LogP contribution in [0, 0.1) is 10.1 Å². The molecular formula is C14H9F3N2O3. The van der Waals surface area contributed by atoms with E-state index in [0.29, 0.717) is 0 Å². The standard InChI is InChI=1S/C14H9F3N2O3/c15-14(16,17)9-5-7-10(8-6-9)18-13(20)11-3-1-2-4-12(11)19(21)22/h1-8H,(H,18,20). The third-order valence-electron chi connectivity index (χ3n) is 2.82. The minimum absolute atomic E-state index is 0.108. The predicted octanol–water partition coefficient (Wildman–Crippen LogP) is 3.87. The molecule has 0 radical (unpaired) electrons. The zero-order valence-corrected chi connectivity index (χ0v) is 10.9. The van der Waals surface area contributed by atoms with Gasteiger partial charge in [0.1, 0.15) is 5.56 Å². The number of nitrogens with one attached hydrogen (secondary N) is 1. The zero-order valence-electron chi connectivity index (χ0n) is 10.9. The van der Waals surface area contributed by atoms with E-state index in [-0.39, 0.29) is 16.9 Å². The molecule has 5 nitrogen and oxygen atoms in total. The van der Waals surface area contributed by atoms with E-state index in [1.54, 1.807) is 0 Å². The van der Waals surface area contributed by atoms with Crippen molar-refractivity contribution < 1.29 is 22.9 Å².